The van der Waals surface area contributed by atoms with Gasteiger partial charge in [-0.05, 0) is 35.9 Å². The highest BCUT2D eigenvalue weighted by atomic mass is 35.5. The number of nitrogens with zero attached hydrogens (tertiary/aromatic N) is 2. The summed E-state index contributed by atoms with van der Waals surface area (Å²) in [6.45, 7) is 0. The van der Waals surface area contributed by atoms with E-state index in [1.54, 1.807) is 41.8 Å². The lowest BCUT2D eigenvalue weighted by Gasteiger charge is -2.04. The van der Waals surface area contributed by atoms with Gasteiger partial charge in [0.1, 0.15) is 5.65 Å². The van der Waals surface area contributed by atoms with Gasteiger partial charge >= 0.3 is 0 Å². The molecule has 6 nitrogen and oxygen atoms in total. The summed E-state index contributed by atoms with van der Waals surface area (Å²) < 4.78 is 1.81. The fourth-order valence-electron chi connectivity index (χ4n) is 2.45. The Morgan fingerprint density at radius 2 is 1.96 bits per heavy atom. The molecule has 26 heavy (non-hydrogen) atoms. The van der Waals surface area contributed by atoms with Crippen LogP contribution in [0.5, 0.6) is 0 Å². The summed E-state index contributed by atoms with van der Waals surface area (Å²) in [5.74, 6) is -0.347. The molecule has 0 saturated heterocycles. The van der Waals surface area contributed by atoms with Crippen LogP contribution in [0.15, 0.2) is 54.7 Å². The highest BCUT2D eigenvalue weighted by Gasteiger charge is 2.07. The monoisotopic (exact) mass is 368 g/mol. The van der Waals surface area contributed by atoms with Crippen molar-refractivity contribution in [2.75, 3.05) is 12.4 Å². The maximum Gasteiger partial charge on any atom is 0.248 e. The first-order valence-electron chi connectivity index (χ1n) is 7.98. The third kappa shape index (κ3) is 4.10. The Balaban J connectivity index is 1.67. The van der Waals surface area contributed by atoms with Gasteiger partial charge in [0.15, 0.2) is 5.15 Å². The van der Waals surface area contributed by atoms with Crippen LogP contribution in [0.3, 0.4) is 0 Å². The summed E-state index contributed by atoms with van der Waals surface area (Å²) in [4.78, 5) is 27.7. The number of likely N-dealkylation sites (N-methyl/N-ethyl adjacent to an activating group) is 1. The lowest BCUT2D eigenvalue weighted by molar-refractivity contribution is -0.120. The minimum atomic E-state index is -0.286. The number of benzene rings is 1. The zero-order valence-electron chi connectivity index (χ0n) is 14.1. The summed E-state index contributed by atoms with van der Waals surface area (Å²) in [6.07, 6.45) is 5.16. The molecule has 0 atom stereocenters. The van der Waals surface area contributed by atoms with Gasteiger partial charge < -0.3 is 10.6 Å². The smallest absolute Gasteiger partial charge is 0.248 e. The molecule has 7 heteroatoms. The van der Waals surface area contributed by atoms with Crippen molar-refractivity contribution in [1.82, 2.24) is 14.7 Å². The largest absolute Gasteiger partial charge is 0.359 e. The second-order valence-electron chi connectivity index (χ2n) is 5.59. The second kappa shape index (κ2) is 7.84. The number of rotatable bonds is 5. The number of anilines is 1. The van der Waals surface area contributed by atoms with Gasteiger partial charge in [0, 0.05) is 25.0 Å². The first kappa shape index (κ1) is 17.7. The molecule has 2 heterocycles. The van der Waals surface area contributed by atoms with Gasteiger partial charge in [-0.2, -0.15) is 0 Å². The van der Waals surface area contributed by atoms with E-state index in [0.717, 1.165) is 5.56 Å². The molecule has 1 aromatic carbocycles. The van der Waals surface area contributed by atoms with Crippen LogP contribution in [0.1, 0.15) is 11.3 Å². The standard InChI is InChI=1S/C19H17ClN4O2/c1-21-18(26)12-13-5-7-14(8-6-13)22-17(25)10-9-15-19(20)23-16-4-2-3-11-24(15)16/h2-11H,12H2,1H3,(H,21,26)(H,22,25)/b10-9+. The molecule has 2 N–H and O–H groups in total. The molecule has 0 fully saturated rings. The summed E-state index contributed by atoms with van der Waals surface area (Å²) in [7, 11) is 1.60. The van der Waals surface area contributed by atoms with Gasteiger partial charge in [0.05, 0.1) is 12.1 Å². The molecule has 0 unspecified atom stereocenters. The number of amides is 2. The van der Waals surface area contributed by atoms with E-state index in [9.17, 15) is 9.59 Å². The molecule has 0 saturated carbocycles. The zero-order valence-corrected chi connectivity index (χ0v) is 14.8. The molecule has 0 bridgehead atoms. The van der Waals surface area contributed by atoms with Crippen LogP contribution in [-0.2, 0) is 16.0 Å². The number of pyridine rings is 1. The fourth-order valence-corrected chi connectivity index (χ4v) is 2.69. The van der Waals surface area contributed by atoms with Crippen LogP contribution < -0.4 is 10.6 Å². The number of nitrogens with one attached hydrogen (secondary N) is 2. The number of hydrogen-bond donors (Lipinski definition) is 2. The van der Waals surface area contributed by atoms with Crippen molar-refractivity contribution < 1.29 is 9.59 Å². The average molecular weight is 369 g/mol. The van der Waals surface area contributed by atoms with E-state index >= 15 is 0 Å². The van der Waals surface area contributed by atoms with E-state index in [1.165, 1.54) is 6.08 Å². The van der Waals surface area contributed by atoms with Crippen molar-refractivity contribution in [3.8, 4) is 0 Å². The van der Waals surface area contributed by atoms with Crippen LogP contribution in [0.2, 0.25) is 5.15 Å². The number of halogens is 1. The summed E-state index contributed by atoms with van der Waals surface area (Å²) in [5.41, 5.74) is 2.86. The van der Waals surface area contributed by atoms with Crippen LogP contribution in [0.25, 0.3) is 11.7 Å². The van der Waals surface area contributed by atoms with Crippen LogP contribution in [0, 0.1) is 0 Å². The summed E-state index contributed by atoms with van der Waals surface area (Å²) in [5, 5.41) is 5.67. The van der Waals surface area contributed by atoms with Crippen molar-refractivity contribution in [2.24, 2.45) is 0 Å². The fraction of sp³-hybridized carbons (Fsp3) is 0.105. The Labute approximate surface area is 155 Å². The predicted molar refractivity (Wildman–Crippen MR) is 102 cm³/mol. The Morgan fingerprint density at radius 3 is 2.69 bits per heavy atom. The second-order valence-corrected chi connectivity index (χ2v) is 5.94. The van der Waals surface area contributed by atoms with Gasteiger partial charge in [-0.1, -0.05) is 29.8 Å². The third-order valence-electron chi connectivity index (χ3n) is 3.78. The first-order chi connectivity index (χ1) is 12.6. The van der Waals surface area contributed by atoms with Crippen molar-refractivity contribution in [1.29, 1.82) is 0 Å². The van der Waals surface area contributed by atoms with E-state index in [4.69, 9.17) is 11.6 Å². The molecule has 0 aliphatic heterocycles. The SMILES string of the molecule is CNC(=O)Cc1ccc(NC(=O)/C=C/c2c(Cl)nc3ccccn23)cc1. The Kier molecular flexibility index (Phi) is 5.34. The van der Waals surface area contributed by atoms with E-state index in [0.29, 0.717) is 28.6 Å². The zero-order chi connectivity index (χ0) is 18.5. The molecule has 3 rings (SSSR count). The molecule has 0 spiro atoms. The van der Waals surface area contributed by atoms with Crippen molar-refractivity contribution in [3.05, 3.63) is 71.1 Å². The highest BCUT2D eigenvalue weighted by Crippen LogP contribution is 2.19. The van der Waals surface area contributed by atoms with E-state index in [2.05, 4.69) is 15.6 Å². The van der Waals surface area contributed by atoms with E-state index in [1.807, 2.05) is 24.4 Å². The third-order valence-corrected chi connectivity index (χ3v) is 4.06. The maximum atomic E-state index is 12.1. The minimum absolute atomic E-state index is 0.0605. The Bertz CT molecular complexity index is 977. The number of carbonyl (C=O) groups is 2. The van der Waals surface area contributed by atoms with Crippen molar-refractivity contribution >= 4 is 40.8 Å². The summed E-state index contributed by atoms with van der Waals surface area (Å²) >= 11 is 6.13. The number of fused-ring (bicyclic) bond motifs is 1. The molecule has 2 aromatic heterocycles. The average Bonchev–Trinajstić information content (AvgIpc) is 2.96. The molecule has 0 aliphatic rings. The first-order valence-corrected chi connectivity index (χ1v) is 8.36. The van der Waals surface area contributed by atoms with Gasteiger partial charge in [-0.15, -0.1) is 0 Å². The van der Waals surface area contributed by atoms with Gasteiger partial charge in [0.2, 0.25) is 11.8 Å². The van der Waals surface area contributed by atoms with Crippen LogP contribution in [0.4, 0.5) is 5.69 Å². The summed E-state index contributed by atoms with van der Waals surface area (Å²) in [6, 6.07) is 12.7. The quantitative estimate of drug-likeness (QED) is 0.680. The van der Waals surface area contributed by atoms with Crippen LogP contribution in [-0.4, -0.2) is 28.2 Å². The van der Waals surface area contributed by atoms with Gasteiger partial charge in [-0.25, -0.2) is 4.98 Å². The molecule has 3 aromatic rings. The van der Waals surface area contributed by atoms with Gasteiger partial charge in [-0.3, -0.25) is 14.0 Å². The minimum Gasteiger partial charge on any atom is -0.359 e. The van der Waals surface area contributed by atoms with Crippen molar-refractivity contribution in [2.45, 2.75) is 6.42 Å². The van der Waals surface area contributed by atoms with E-state index in [-0.39, 0.29) is 11.8 Å². The topological polar surface area (TPSA) is 75.5 Å². The van der Waals surface area contributed by atoms with Crippen molar-refractivity contribution in [3.63, 3.8) is 0 Å². The normalized spacial score (nSPS) is 11.0. The molecule has 0 aliphatic carbocycles. The molecular weight excluding hydrogens is 352 g/mol. The Hall–Kier alpha value is -3.12. The van der Waals surface area contributed by atoms with Crippen LogP contribution >= 0.6 is 11.6 Å². The number of carbonyl (C=O) groups excluding carboxylic acids is 2. The predicted octanol–water partition coefficient (Wildman–Crippen LogP) is 2.93. The van der Waals surface area contributed by atoms with Gasteiger partial charge in [0.25, 0.3) is 0 Å². The number of imidazole rings is 1. The maximum absolute atomic E-state index is 12.1. The van der Waals surface area contributed by atoms with E-state index < -0.39 is 0 Å². The number of hydrogen-bond acceptors (Lipinski definition) is 3. The lowest BCUT2D eigenvalue weighted by Crippen LogP contribution is -2.19. The highest BCUT2D eigenvalue weighted by molar-refractivity contribution is 6.31. The number of aromatic nitrogens is 2. The Morgan fingerprint density at radius 1 is 1.19 bits per heavy atom. The lowest BCUT2D eigenvalue weighted by atomic mass is 10.1. The molecular formula is C19H17ClN4O2. The molecule has 2 amide bonds. The molecule has 0 radical (unpaired) electrons. The molecule has 132 valence electrons.